The molecule has 0 saturated carbocycles. The second kappa shape index (κ2) is 2.91. The van der Waals surface area contributed by atoms with Gasteiger partial charge in [0.05, 0.1) is 0 Å². The minimum absolute atomic E-state index is 0.0752. The van der Waals surface area contributed by atoms with E-state index in [4.69, 9.17) is 0 Å². The monoisotopic (exact) mass is 151 g/mol. The number of hydrogen-bond donors (Lipinski definition) is 1. The third kappa shape index (κ3) is 1.50. The SMILES string of the molecule is C=C1CC(C)C(=O)N/C1=C/C. The maximum atomic E-state index is 11.1. The zero-order valence-electron chi connectivity index (χ0n) is 6.98. The van der Waals surface area contributed by atoms with Crippen molar-refractivity contribution in [1.29, 1.82) is 0 Å². The van der Waals surface area contributed by atoms with E-state index in [0.717, 1.165) is 17.7 Å². The Bertz CT molecular complexity index is 228. The molecule has 0 aromatic heterocycles. The van der Waals surface area contributed by atoms with Crippen LogP contribution in [-0.2, 0) is 4.79 Å². The molecule has 0 radical (unpaired) electrons. The van der Waals surface area contributed by atoms with Crippen LogP contribution in [0.1, 0.15) is 20.3 Å². The van der Waals surface area contributed by atoms with Crippen LogP contribution < -0.4 is 5.32 Å². The summed E-state index contributed by atoms with van der Waals surface area (Å²) in [5.74, 6) is 0.178. The lowest BCUT2D eigenvalue weighted by atomic mass is 9.95. The van der Waals surface area contributed by atoms with E-state index in [2.05, 4.69) is 11.9 Å². The van der Waals surface area contributed by atoms with Gasteiger partial charge in [0.25, 0.3) is 0 Å². The Morgan fingerprint density at radius 2 is 2.36 bits per heavy atom. The summed E-state index contributed by atoms with van der Waals surface area (Å²) >= 11 is 0. The molecule has 0 aliphatic carbocycles. The molecule has 11 heavy (non-hydrogen) atoms. The molecule has 0 spiro atoms. The number of allylic oxidation sites excluding steroid dienone is 2. The van der Waals surface area contributed by atoms with Gasteiger partial charge in [-0.25, -0.2) is 0 Å². The molecule has 1 amide bonds. The van der Waals surface area contributed by atoms with Crippen molar-refractivity contribution in [2.45, 2.75) is 20.3 Å². The fourth-order valence-corrected chi connectivity index (χ4v) is 1.19. The predicted molar refractivity (Wildman–Crippen MR) is 44.8 cm³/mol. The molecule has 1 heterocycles. The largest absolute Gasteiger partial charge is 0.326 e. The van der Waals surface area contributed by atoms with Crippen molar-refractivity contribution in [1.82, 2.24) is 5.32 Å². The van der Waals surface area contributed by atoms with Gasteiger partial charge in [0.1, 0.15) is 0 Å². The number of carbonyl (C=O) groups is 1. The second-order valence-corrected chi connectivity index (χ2v) is 2.90. The maximum absolute atomic E-state index is 11.1. The normalized spacial score (nSPS) is 28.9. The molecule has 0 aromatic rings. The van der Waals surface area contributed by atoms with E-state index in [1.54, 1.807) is 0 Å². The highest BCUT2D eigenvalue weighted by molar-refractivity contribution is 5.83. The summed E-state index contributed by atoms with van der Waals surface area (Å²) in [6.07, 6.45) is 2.66. The molecule has 1 N–H and O–H groups in total. The van der Waals surface area contributed by atoms with Crippen LogP contribution in [0, 0.1) is 5.92 Å². The van der Waals surface area contributed by atoms with Gasteiger partial charge >= 0.3 is 0 Å². The number of nitrogens with one attached hydrogen (secondary N) is 1. The molecule has 1 unspecified atom stereocenters. The van der Waals surface area contributed by atoms with Crippen LogP contribution in [0.4, 0.5) is 0 Å². The van der Waals surface area contributed by atoms with E-state index < -0.39 is 0 Å². The minimum Gasteiger partial charge on any atom is -0.326 e. The number of amides is 1. The Balaban J connectivity index is 2.78. The van der Waals surface area contributed by atoms with Gasteiger partial charge in [0.15, 0.2) is 0 Å². The molecule has 2 heteroatoms. The van der Waals surface area contributed by atoms with E-state index in [-0.39, 0.29) is 11.8 Å². The standard InChI is InChI=1S/C9H13NO/c1-4-8-6(2)5-7(3)9(11)10-8/h4,7H,2,5H2,1,3H3,(H,10,11)/b8-4+. The van der Waals surface area contributed by atoms with Crippen LogP contribution in [0.2, 0.25) is 0 Å². The topological polar surface area (TPSA) is 29.1 Å². The first-order chi connectivity index (χ1) is 5.15. The summed E-state index contributed by atoms with van der Waals surface area (Å²) < 4.78 is 0. The zero-order chi connectivity index (χ0) is 8.43. The van der Waals surface area contributed by atoms with Crippen LogP contribution in [-0.4, -0.2) is 5.91 Å². The van der Waals surface area contributed by atoms with Crippen LogP contribution >= 0.6 is 0 Å². The fourth-order valence-electron chi connectivity index (χ4n) is 1.19. The van der Waals surface area contributed by atoms with E-state index in [9.17, 15) is 4.79 Å². The maximum Gasteiger partial charge on any atom is 0.227 e. The molecule has 0 bridgehead atoms. The van der Waals surface area contributed by atoms with Gasteiger partial charge in [-0.2, -0.15) is 0 Å². The highest BCUT2D eigenvalue weighted by Crippen LogP contribution is 2.21. The Morgan fingerprint density at radius 3 is 2.91 bits per heavy atom. The average molecular weight is 151 g/mol. The van der Waals surface area contributed by atoms with Crippen LogP contribution in [0.5, 0.6) is 0 Å². The summed E-state index contributed by atoms with van der Waals surface area (Å²) in [7, 11) is 0. The minimum atomic E-state index is 0.0752. The lowest BCUT2D eigenvalue weighted by molar-refractivity contribution is -0.124. The summed E-state index contributed by atoms with van der Waals surface area (Å²) in [5, 5.41) is 2.79. The summed E-state index contributed by atoms with van der Waals surface area (Å²) in [6.45, 7) is 7.68. The highest BCUT2D eigenvalue weighted by atomic mass is 16.1. The molecule has 2 nitrogen and oxygen atoms in total. The first-order valence-corrected chi connectivity index (χ1v) is 3.80. The summed E-state index contributed by atoms with van der Waals surface area (Å²) in [6, 6.07) is 0. The van der Waals surface area contributed by atoms with Gasteiger partial charge in [0, 0.05) is 11.6 Å². The van der Waals surface area contributed by atoms with E-state index in [0.29, 0.717) is 0 Å². The molecular weight excluding hydrogens is 138 g/mol. The van der Waals surface area contributed by atoms with Crippen molar-refractivity contribution in [3.63, 3.8) is 0 Å². The van der Waals surface area contributed by atoms with Gasteiger partial charge in [-0.05, 0) is 18.9 Å². The van der Waals surface area contributed by atoms with Crippen molar-refractivity contribution in [2.75, 3.05) is 0 Å². The van der Waals surface area contributed by atoms with Gasteiger partial charge in [-0.3, -0.25) is 4.79 Å². The van der Waals surface area contributed by atoms with E-state index in [1.165, 1.54) is 0 Å². The summed E-state index contributed by atoms with van der Waals surface area (Å²) in [4.78, 5) is 11.1. The van der Waals surface area contributed by atoms with Crippen LogP contribution in [0.25, 0.3) is 0 Å². The Morgan fingerprint density at radius 1 is 1.73 bits per heavy atom. The summed E-state index contributed by atoms with van der Waals surface area (Å²) in [5.41, 5.74) is 1.91. The number of hydrogen-bond acceptors (Lipinski definition) is 1. The van der Waals surface area contributed by atoms with Gasteiger partial charge in [-0.1, -0.05) is 19.6 Å². The van der Waals surface area contributed by atoms with Crippen molar-refractivity contribution in [3.8, 4) is 0 Å². The average Bonchev–Trinajstić information content (AvgIpc) is 1.97. The lowest BCUT2D eigenvalue weighted by Crippen LogP contribution is -2.34. The number of carbonyl (C=O) groups excluding carboxylic acids is 1. The lowest BCUT2D eigenvalue weighted by Gasteiger charge is -2.22. The molecule has 1 saturated heterocycles. The van der Waals surface area contributed by atoms with Gasteiger partial charge in [-0.15, -0.1) is 0 Å². The van der Waals surface area contributed by atoms with Crippen LogP contribution in [0.3, 0.4) is 0 Å². The van der Waals surface area contributed by atoms with Crippen molar-refractivity contribution in [3.05, 3.63) is 23.9 Å². The van der Waals surface area contributed by atoms with Gasteiger partial charge in [0.2, 0.25) is 5.91 Å². The molecule has 1 fully saturated rings. The predicted octanol–water partition coefficient (Wildman–Crippen LogP) is 1.60. The van der Waals surface area contributed by atoms with Crippen molar-refractivity contribution >= 4 is 5.91 Å². The zero-order valence-corrected chi connectivity index (χ0v) is 6.98. The first-order valence-electron chi connectivity index (χ1n) is 3.80. The molecule has 1 atom stereocenters. The highest BCUT2D eigenvalue weighted by Gasteiger charge is 2.22. The Labute approximate surface area is 67.0 Å². The number of piperidine rings is 1. The molecule has 60 valence electrons. The van der Waals surface area contributed by atoms with E-state index in [1.807, 2.05) is 19.9 Å². The smallest absolute Gasteiger partial charge is 0.227 e. The number of rotatable bonds is 0. The Hall–Kier alpha value is -1.05. The third-order valence-electron chi connectivity index (χ3n) is 1.93. The van der Waals surface area contributed by atoms with Crippen molar-refractivity contribution < 1.29 is 4.79 Å². The molecule has 1 rings (SSSR count). The van der Waals surface area contributed by atoms with E-state index >= 15 is 0 Å². The molecule has 1 aliphatic heterocycles. The fraction of sp³-hybridized carbons (Fsp3) is 0.444. The quantitative estimate of drug-likeness (QED) is 0.559. The van der Waals surface area contributed by atoms with Crippen LogP contribution in [0.15, 0.2) is 23.9 Å². The van der Waals surface area contributed by atoms with Crippen molar-refractivity contribution in [2.24, 2.45) is 5.92 Å². The Kier molecular flexibility index (Phi) is 2.13. The molecule has 0 aromatic carbocycles. The third-order valence-corrected chi connectivity index (χ3v) is 1.93. The molecule has 1 aliphatic rings. The second-order valence-electron chi connectivity index (χ2n) is 2.90. The molecular formula is C9H13NO. The first kappa shape index (κ1) is 8.05. The van der Waals surface area contributed by atoms with Gasteiger partial charge < -0.3 is 5.32 Å².